The molecule has 0 bridgehead atoms. The van der Waals surface area contributed by atoms with E-state index in [0.717, 1.165) is 55.3 Å². The van der Waals surface area contributed by atoms with Gasteiger partial charge in [0.05, 0.1) is 11.7 Å². The van der Waals surface area contributed by atoms with Crippen molar-refractivity contribution in [2.24, 2.45) is 5.92 Å². The van der Waals surface area contributed by atoms with E-state index in [4.69, 9.17) is 0 Å². The molecule has 2 N–H and O–H groups in total. The molecule has 6 heteroatoms. The van der Waals surface area contributed by atoms with E-state index in [1.54, 1.807) is 0 Å². The number of H-pyrrole nitrogens is 1. The Kier molecular flexibility index (Phi) is 4.19. The van der Waals surface area contributed by atoms with Crippen LogP contribution in [-0.2, 0) is 4.79 Å². The first kappa shape index (κ1) is 16.5. The van der Waals surface area contributed by atoms with Crippen LogP contribution in [0.5, 0.6) is 0 Å². The molecule has 4 heterocycles. The van der Waals surface area contributed by atoms with Crippen molar-refractivity contribution in [3.05, 3.63) is 30.7 Å². The molecule has 0 spiro atoms. The molecule has 5 rings (SSSR count). The normalized spacial score (nSPS) is 18.7. The van der Waals surface area contributed by atoms with Gasteiger partial charge in [0.1, 0.15) is 0 Å². The molecule has 1 aliphatic carbocycles. The van der Waals surface area contributed by atoms with Crippen LogP contribution in [-0.4, -0.2) is 40.0 Å². The molecule has 1 saturated carbocycles. The molecular weight excluding hydrogens is 338 g/mol. The van der Waals surface area contributed by atoms with Crippen molar-refractivity contribution in [1.82, 2.24) is 20.3 Å². The fraction of sp³-hybridized carbons (Fsp3) is 0.476. The number of hydrogen-bond acceptors (Lipinski definition) is 4. The maximum absolute atomic E-state index is 12.2. The van der Waals surface area contributed by atoms with Gasteiger partial charge in [-0.25, -0.2) is 9.97 Å². The zero-order valence-corrected chi connectivity index (χ0v) is 15.4. The Balaban J connectivity index is 1.31. The van der Waals surface area contributed by atoms with Gasteiger partial charge >= 0.3 is 0 Å². The van der Waals surface area contributed by atoms with Crippen molar-refractivity contribution in [3.8, 4) is 0 Å². The fourth-order valence-corrected chi connectivity index (χ4v) is 4.38. The van der Waals surface area contributed by atoms with E-state index in [9.17, 15) is 4.79 Å². The van der Waals surface area contributed by atoms with Gasteiger partial charge in [0.2, 0.25) is 5.91 Å². The molecule has 3 aromatic rings. The lowest BCUT2D eigenvalue weighted by Crippen LogP contribution is -2.41. The topological polar surface area (TPSA) is 73.9 Å². The molecule has 27 heavy (non-hydrogen) atoms. The molecule has 0 aromatic carbocycles. The fourth-order valence-electron chi connectivity index (χ4n) is 4.38. The van der Waals surface area contributed by atoms with Crippen molar-refractivity contribution in [2.75, 3.05) is 18.0 Å². The van der Waals surface area contributed by atoms with Gasteiger partial charge in [-0.2, -0.15) is 0 Å². The lowest BCUT2D eigenvalue weighted by Gasteiger charge is -2.34. The zero-order valence-electron chi connectivity index (χ0n) is 15.4. The van der Waals surface area contributed by atoms with Crippen molar-refractivity contribution in [2.45, 2.75) is 44.6 Å². The van der Waals surface area contributed by atoms with E-state index >= 15 is 0 Å². The monoisotopic (exact) mass is 363 g/mol. The number of rotatable bonds is 4. The SMILES string of the molecule is O=C(CC1CCN(c2cc[nH]c3cnc4nccc4c23)CC1)NC1CCC1. The molecule has 1 amide bonds. The highest BCUT2D eigenvalue weighted by molar-refractivity contribution is 6.09. The Morgan fingerprint density at radius 1 is 1.19 bits per heavy atom. The minimum absolute atomic E-state index is 0.244. The van der Waals surface area contributed by atoms with Gasteiger partial charge in [0.15, 0.2) is 5.65 Å². The molecule has 0 unspecified atom stereocenters. The van der Waals surface area contributed by atoms with Crippen LogP contribution in [0.3, 0.4) is 0 Å². The smallest absolute Gasteiger partial charge is 0.220 e. The Morgan fingerprint density at radius 3 is 2.81 bits per heavy atom. The van der Waals surface area contributed by atoms with Crippen molar-refractivity contribution >= 4 is 33.5 Å². The third-order valence-electron chi connectivity index (χ3n) is 6.17. The van der Waals surface area contributed by atoms with E-state index in [1.807, 2.05) is 24.7 Å². The number of anilines is 1. The number of nitrogens with zero attached hydrogens (tertiary/aromatic N) is 3. The van der Waals surface area contributed by atoms with Gasteiger partial charge in [-0.15, -0.1) is 0 Å². The summed E-state index contributed by atoms with van der Waals surface area (Å²) in [7, 11) is 0. The number of amides is 1. The molecule has 2 aliphatic rings. The summed E-state index contributed by atoms with van der Waals surface area (Å²) >= 11 is 0. The first-order chi connectivity index (χ1) is 13.3. The van der Waals surface area contributed by atoms with Crippen LogP contribution in [0.1, 0.15) is 38.5 Å². The van der Waals surface area contributed by atoms with Crippen LogP contribution in [0, 0.1) is 5.92 Å². The maximum atomic E-state index is 12.2. The third kappa shape index (κ3) is 3.13. The van der Waals surface area contributed by atoms with Crippen LogP contribution in [0.25, 0.3) is 21.9 Å². The molecule has 1 aliphatic heterocycles. The lowest BCUT2D eigenvalue weighted by molar-refractivity contribution is -0.123. The number of pyridine rings is 2. The average Bonchev–Trinajstić information content (AvgIpc) is 3.14. The summed E-state index contributed by atoms with van der Waals surface area (Å²) in [6, 6.07) is 4.64. The standard InChI is InChI=1S/C21H25N5O/c27-19(25-15-2-1-3-15)12-14-6-10-26(11-7-14)18-5-9-22-17-13-24-21-16(20(17)18)4-8-23-21/h4-5,8-9,13-15,22H,1-3,6-7,10-12H2,(H,25,27). The highest BCUT2D eigenvalue weighted by atomic mass is 16.1. The predicted molar refractivity (Wildman–Crippen MR) is 107 cm³/mol. The van der Waals surface area contributed by atoms with E-state index in [2.05, 4.69) is 31.2 Å². The Bertz CT molecular complexity index is 969. The molecule has 140 valence electrons. The number of aromatic amines is 1. The predicted octanol–water partition coefficient (Wildman–Crippen LogP) is 3.39. The minimum Gasteiger partial charge on any atom is -0.371 e. The van der Waals surface area contributed by atoms with E-state index in [-0.39, 0.29) is 5.91 Å². The summed E-state index contributed by atoms with van der Waals surface area (Å²) < 4.78 is 0. The average molecular weight is 363 g/mol. The highest BCUT2D eigenvalue weighted by Gasteiger charge is 2.25. The molecule has 3 aromatic heterocycles. The second kappa shape index (κ2) is 6.83. The maximum Gasteiger partial charge on any atom is 0.220 e. The summed E-state index contributed by atoms with van der Waals surface area (Å²) in [6.07, 6.45) is 12.0. The van der Waals surface area contributed by atoms with Crippen molar-refractivity contribution in [1.29, 1.82) is 0 Å². The largest absolute Gasteiger partial charge is 0.371 e. The molecule has 0 atom stereocenters. The second-order valence-corrected chi connectivity index (χ2v) is 7.92. The lowest BCUT2D eigenvalue weighted by atomic mass is 9.90. The Hall–Kier alpha value is -2.63. The Labute approximate surface area is 158 Å². The van der Waals surface area contributed by atoms with Crippen LogP contribution >= 0.6 is 0 Å². The first-order valence-corrected chi connectivity index (χ1v) is 10.0. The van der Waals surface area contributed by atoms with E-state index < -0.39 is 0 Å². The number of fused-ring (bicyclic) bond motifs is 3. The van der Waals surface area contributed by atoms with Crippen LogP contribution in [0.2, 0.25) is 0 Å². The number of carbonyl (C=O) groups is 1. The first-order valence-electron chi connectivity index (χ1n) is 10.0. The molecule has 0 radical (unpaired) electrons. The molecule has 6 nitrogen and oxygen atoms in total. The third-order valence-corrected chi connectivity index (χ3v) is 6.17. The van der Waals surface area contributed by atoms with Gasteiger partial charge in [0.25, 0.3) is 0 Å². The van der Waals surface area contributed by atoms with Crippen molar-refractivity contribution in [3.63, 3.8) is 0 Å². The van der Waals surface area contributed by atoms with E-state index in [1.165, 1.54) is 17.5 Å². The van der Waals surface area contributed by atoms with Gasteiger partial charge in [-0.05, 0) is 50.2 Å². The van der Waals surface area contributed by atoms with Crippen LogP contribution in [0.4, 0.5) is 5.69 Å². The van der Waals surface area contributed by atoms with Gasteiger partial charge in [0, 0.05) is 54.4 Å². The van der Waals surface area contributed by atoms with Gasteiger partial charge < -0.3 is 15.2 Å². The summed E-state index contributed by atoms with van der Waals surface area (Å²) in [5.74, 6) is 0.735. The summed E-state index contributed by atoms with van der Waals surface area (Å²) in [5, 5.41) is 5.47. The summed E-state index contributed by atoms with van der Waals surface area (Å²) in [4.78, 5) is 26.7. The summed E-state index contributed by atoms with van der Waals surface area (Å²) in [6.45, 7) is 1.97. The highest BCUT2D eigenvalue weighted by Crippen LogP contribution is 2.33. The summed E-state index contributed by atoms with van der Waals surface area (Å²) in [5.41, 5.74) is 3.07. The van der Waals surface area contributed by atoms with Gasteiger partial charge in [-0.1, -0.05) is 0 Å². The Morgan fingerprint density at radius 2 is 2.04 bits per heavy atom. The quantitative estimate of drug-likeness (QED) is 0.745. The van der Waals surface area contributed by atoms with E-state index in [0.29, 0.717) is 18.4 Å². The van der Waals surface area contributed by atoms with Crippen molar-refractivity contribution < 1.29 is 4.79 Å². The zero-order chi connectivity index (χ0) is 18.2. The number of hydrogen-bond donors (Lipinski definition) is 2. The number of piperidine rings is 1. The second-order valence-electron chi connectivity index (χ2n) is 7.92. The molecular formula is C21H25N5O. The molecule has 2 fully saturated rings. The van der Waals surface area contributed by atoms with Crippen LogP contribution < -0.4 is 10.2 Å². The number of carbonyl (C=O) groups excluding carboxylic acids is 1. The number of nitrogens with one attached hydrogen (secondary N) is 2. The van der Waals surface area contributed by atoms with Crippen LogP contribution in [0.15, 0.2) is 30.7 Å². The number of aromatic nitrogens is 3. The van der Waals surface area contributed by atoms with Gasteiger partial charge in [-0.3, -0.25) is 4.79 Å². The molecule has 1 saturated heterocycles. The minimum atomic E-state index is 0.244.